The molecule has 1 fully saturated rings. The van der Waals surface area contributed by atoms with Crippen molar-refractivity contribution in [1.82, 2.24) is 0 Å². The van der Waals surface area contributed by atoms with Crippen LogP contribution in [0.2, 0.25) is 0 Å². The average molecular weight is 398 g/mol. The highest BCUT2D eigenvalue weighted by molar-refractivity contribution is 5.17. The van der Waals surface area contributed by atoms with Crippen LogP contribution in [0.25, 0.3) is 0 Å². The molecule has 1 aliphatic rings. The maximum absolute atomic E-state index is 12.9. The van der Waals surface area contributed by atoms with Gasteiger partial charge >= 0.3 is 48.0 Å². The van der Waals surface area contributed by atoms with Gasteiger partial charge in [0.05, 0.1) is 0 Å². The van der Waals surface area contributed by atoms with Crippen molar-refractivity contribution in [2.24, 2.45) is 0 Å². The molecule has 0 aromatic carbocycles. The zero-order chi connectivity index (χ0) is 19.8. The standard InChI is InChI=1S/C8HF15O/c9-1(10)2(11,12)3(13,14)4(15,16)5(17,18)6(19,20)7(21)8(22,23)24-7/h1H. The molecule has 1 atom stereocenters. The molecule has 0 aromatic heterocycles. The highest BCUT2D eigenvalue weighted by atomic mass is 19.4. The van der Waals surface area contributed by atoms with Gasteiger partial charge in [-0.15, -0.1) is 0 Å². The van der Waals surface area contributed by atoms with Crippen LogP contribution in [0.3, 0.4) is 0 Å². The van der Waals surface area contributed by atoms with Crippen LogP contribution in [0.4, 0.5) is 65.9 Å². The lowest BCUT2D eigenvalue weighted by atomic mass is 9.92. The maximum atomic E-state index is 12.9. The van der Waals surface area contributed by atoms with E-state index >= 15 is 0 Å². The van der Waals surface area contributed by atoms with Crippen LogP contribution in [-0.4, -0.2) is 48.0 Å². The lowest BCUT2D eigenvalue weighted by molar-refractivity contribution is -0.424. The highest BCUT2D eigenvalue weighted by Crippen LogP contribution is 2.68. The Labute approximate surface area is 120 Å². The molecule has 0 bridgehead atoms. The number of hydrogen-bond donors (Lipinski definition) is 0. The van der Waals surface area contributed by atoms with Crippen molar-refractivity contribution in [3.63, 3.8) is 0 Å². The first-order valence-corrected chi connectivity index (χ1v) is 5.09. The molecule has 1 aliphatic heterocycles. The number of alkyl halides is 15. The Hall–Kier alpha value is -1.09. The first-order valence-electron chi connectivity index (χ1n) is 5.09. The van der Waals surface area contributed by atoms with E-state index in [0.717, 1.165) is 0 Å². The number of halogens is 15. The minimum Gasteiger partial charge on any atom is -0.265 e. The van der Waals surface area contributed by atoms with E-state index in [1.54, 1.807) is 0 Å². The Balaban J connectivity index is 3.45. The Morgan fingerprint density at radius 1 is 0.625 bits per heavy atom. The van der Waals surface area contributed by atoms with Gasteiger partial charge in [0.15, 0.2) is 0 Å². The Morgan fingerprint density at radius 2 is 0.958 bits per heavy atom. The van der Waals surface area contributed by atoms with Crippen molar-refractivity contribution < 1.29 is 70.6 Å². The molecule has 0 aliphatic carbocycles. The first-order chi connectivity index (χ1) is 10.2. The Bertz CT molecular complexity index is 483. The first kappa shape index (κ1) is 21.0. The van der Waals surface area contributed by atoms with Gasteiger partial charge in [0.25, 0.3) is 0 Å². The summed E-state index contributed by atoms with van der Waals surface area (Å²) in [5.74, 6) is -45.0. The summed E-state index contributed by atoms with van der Waals surface area (Å²) in [6, 6.07) is 0. The second kappa shape index (κ2) is 4.75. The van der Waals surface area contributed by atoms with Gasteiger partial charge in [-0.2, -0.15) is 57.1 Å². The third kappa shape index (κ3) is 2.09. The topological polar surface area (TPSA) is 12.5 Å². The molecule has 24 heavy (non-hydrogen) atoms. The number of ether oxygens (including phenoxy) is 1. The average Bonchev–Trinajstić information content (AvgIpc) is 2.89. The van der Waals surface area contributed by atoms with Gasteiger partial charge in [0.2, 0.25) is 0 Å². The number of epoxide rings is 1. The molecular formula is C8HF15O. The van der Waals surface area contributed by atoms with E-state index in [1.165, 1.54) is 0 Å². The number of rotatable bonds is 6. The van der Waals surface area contributed by atoms with Crippen molar-refractivity contribution in [3.05, 3.63) is 0 Å². The lowest BCUT2D eigenvalue weighted by Gasteiger charge is -2.39. The second-order valence-corrected chi connectivity index (χ2v) is 4.44. The van der Waals surface area contributed by atoms with Crippen LogP contribution in [-0.2, 0) is 4.74 Å². The van der Waals surface area contributed by atoms with Gasteiger partial charge in [0.1, 0.15) is 0 Å². The van der Waals surface area contributed by atoms with Crippen LogP contribution in [0.5, 0.6) is 0 Å². The predicted octanol–water partition coefficient (Wildman–Crippen LogP) is 4.72. The predicted molar refractivity (Wildman–Crippen MR) is 40.6 cm³/mol. The van der Waals surface area contributed by atoms with Crippen LogP contribution in [0.1, 0.15) is 0 Å². The summed E-state index contributed by atoms with van der Waals surface area (Å²) < 4.78 is 190. The van der Waals surface area contributed by atoms with E-state index in [1.807, 2.05) is 0 Å². The molecule has 0 radical (unpaired) electrons. The van der Waals surface area contributed by atoms with Gasteiger partial charge < -0.3 is 0 Å². The van der Waals surface area contributed by atoms with E-state index in [4.69, 9.17) is 0 Å². The molecule has 0 amide bonds. The van der Waals surface area contributed by atoms with E-state index in [0.29, 0.717) is 0 Å². The zero-order valence-corrected chi connectivity index (χ0v) is 10.2. The van der Waals surface area contributed by atoms with E-state index in [2.05, 4.69) is 4.74 Å². The molecule has 144 valence electrons. The van der Waals surface area contributed by atoms with Gasteiger partial charge in [-0.3, -0.25) is 4.74 Å². The van der Waals surface area contributed by atoms with E-state index in [-0.39, 0.29) is 0 Å². The van der Waals surface area contributed by atoms with Crippen molar-refractivity contribution >= 4 is 0 Å². The van der Waals surface area contributed by atoms with Crippen molar-refractivity contribution in [2.75, 3.05) is 0 Å². The van der Waals surface area contributed by atoms with Gasteiger partial charge in [-0.1, -0.05) is 0 Å². The second-order valence-electron chi connectivity index (χ2n) is 4.44. The van der Waals surface area contributed by atoms with Crippen LogP contribution < -0.4 is 0 Å². The molecule has 1 nitrogen and oxygen atoms in total. The van der Waals surface area contributed by atoms with E-state index in [9.17, 15) is 65.9 Å². The van der Waals surface area contributed by atoms with Crippen molar-refractivity contribution in [3.8, 4) is 0 Å². The minimum absolute atomic E-state index is 2.14. The summed E-state index contributed by atoms with van der Waals surface area (Å²) in [6.45, 7) is 0. The van der Waals surface area contributed by atoms with Crippen LogP contribution >= 0.6 is 0 Å². The summed E-state index contributed by atoms with van der Waals surface area (Å²) in [7, 11) is 0. The molecule has 0 spiro atoms. The lowest BCUT2D eigenvalue weighted by Crippen LogP contribution is -2.71. The smallest absolute Gasteiger partial charge is 0.265 e. The third-order valence-corrected chi connectivity index (χ3v) is 2.88. The molecule has 0 saturated carbocycles. The zero-order valence-electron chi connectivity index (χ0n) is 10.2. The third-order valence-electron chi connectivity index (χ3n) is 2.88. The summed E-state index contributed by atoms with van der Waals surface area (Å²) in [4.78, 5) is 0. The normalized spacial score (nSPS) is 26.0. The maximum Gasteiger partial charge on any atom is 0.424 e. The summed E-state index contributed by atoms with van der Waals surface area (Å²) in [5.41, 5.74) is 0. The van der Waals surface area contributed by atoms with E-state index < -0.39 is 48.0 Å². The van der Waals surface area contributed by atoms with Crippen molar-refractivity contribution in [2.45, 2.75) is 48.0 Å². The molecule has 1 saturated heterocycles. The summed E-state index contributed by atoms with van der Waals surface area (Å²) in [6.07, 6.45) is -11.6. The fourth-order valence-electron chi connectivity index (χ4n) is 1.34. The molecular weight excluding hydrogens is 397 g/mol. The summed E-state index contributed by atoms with van der Waals surface area (Å²) >= 11 is 0. The molecule has 1 unspecified atom stereocenters. The SMILES string of the molecule is FC(F)C(F)(F)C(F)(F)C(F)(F)C(F)(F)C(F)(F)C1(F)OC1(F)F. The largest absolute Gasteiger partial charge is 0.424 e. The number of hydrogen-bond acceptors (Lipinski definition) is 1. The van der Waals surface area contributed by atoms with Crippen LogP contribution in [0.15, 0.2) is 0 Å². The molecule has 1 heterocycles. The minimum atomic E-state index is -8.09. The summed E-state index contributed by atoms with van der Waals surface area (Å²) in [5, 5.41) is 0. The molecule has 1 rings (SSSR count). The molecule has 16 heteroatoms. The quantitative estimate of drug-likeness (QED) is 0.466. The van der Waals surface area contributed by atoms with Gasteiger partial charge in [-0.25, -0.2) is 8.78 Å². The fraction of sp³-hybridized carbons (Fsp3) is 1.00. The van der Waals surface area contributed by atoms with Crippen molar-refractivity contribution in [1.29, 1.82) is 0 Å². The Morgan fingerprint density at radius 3 is 1.21 bits per heavy atom. The highest BCUT2D eigenvalue weighted by Gasteiger charge is 2.99. The van der Waals surface area contributed by atoms with Crippen LogP contribution in [0, 0.1) is 0 Å². The van der Waals surface area contributed by atoms with Gasteiger partial charge in [0, 0.05) is 0 Å². The fourth-order valence-corrected chi connectivity index (χ4v) is 1.34. The molecule has 0 aromatic rings. The Kier molecular flexibility index (Phi) is 4.15. The monoisotopic (exact) mass is 398 g/mol. The molecule has 0 N–H and O–H groups in total. The van der Waals surface area contributed by atoms with Gasteiger partial charge in [-0.05, 0) is 0 Å².